The molecule has 0 heterocycles. The molecule has 96 valence electrons. The van der Waals surface area contributed by atoms with Gasteiger partial charge in [-0.3, -0.25) is 4.79 Å². The number of carbonyl (C=O) groups is 1. The second-order valence-corrected chi connectivity index (χ2v) is 3.37. The number of aliphatic hydroxyl groups excluding tert-OH is 3. The molecule has 0 aromatic rings. The Balaban J connectivity index is 4.62. The zero-order valence-electron chi connectivity index (χ0n) is 9.18. The van der Waals surface area contributed by atoms with Gasteiger partial charge in [0, 0.05) is 6.92 Å². The minimum atomic E-state index is -1.51. The predicted molar refractivity (Wildman–Crippen MR) is 54.4 cm³/mol. The van der Waals surface area contributed by atoms with Gasteiger partial charge in [-0.2, -0.15) is 10.2 Å². The average Bonchev–Trinajstić information content (AvgIpc) is 2.31. The number of ether oxygens (including phenoxy) is 1. The third-order valence-electron chi connectivity index (χ3n) is 2.09. The van der Waals surface area contributed by atoms with E-state index in [4.69, 9.17) is 10.4 Å². The van der Waals surface area contributed by atoms with Crippen molar-refractivity contribution < 1.29 is 24.9 Å². The van der Waals surface area contributed by atoms with Crippen molar-refractivity contribution in [1.82, 2.24) is 0 Å². The first-order valence-electron chi connectivity index (χ1n) is 4.80. The molecule has 0 bridgehead atoms. The summed E-state index contributed by atoms with van der Waals surface area (Å²) in [7, 11) is 0. The molecular weight excluding hydrogens is 232 g/mol. The number of aliphatic hydroxyl groups is 3. The van der Waals surface area contributed by atoms with Crippen molar-refractivity contribution >= 4 is 5.97 Å². The molecule has 0 aliphatic rings. The molecule has 0 aliphatic heterocycles. The Morgan fingerprint density at radius 1 is 1.47 bits per heavy atom. The van der Waals surface area contributed by atoms with E-state index in [0.717, 1.165) is 6.92 Å². The van der Waals surface area contributed by atoms with Gasteiger partial charge >= 0.3 is 5.97 Å². The van der Waals surface area contributed by atoms with Gasteiger partial charge in [0.15, 0.2) is 0 Å². The Labute approximate surface area is 97.4 Å². The highest BCUT2D eigenvalue weighted by Gasteiger charge is 2.35. The topological polar surface area (TPSA) is 140 Å². The van der Waals surface area contributed by atoms with Gasteiger partial charge in [0.05, 0.1) is 18.8 Å². The van der Waals surface area contributed by atoms with Crippen LogP contribution in [0.25, 0.3) is 0 Å². The summed E-state index contributed by atoms with van der Waals surface area (Å²) in [6, 6.07) is 0.0833. The van der Waals surface area contributed by atoms with E-state index in [9.17, 15) is 19.9 Å². The minimum absolute atomic E-state index is 0.512. The summed E-state index contributed by atoms with van der Waals surface area (Å²) in [6.45, 7) is -0.146. The molecule has 17 heavy (non-hydrogen) atoms. The fourth-order valence-corrected chi connectivity index (χ4v) is 1.18. The van der Waals surface area contributed by atoms with Crippen LogP contribution in [0.4, 0.5) is 0 Å². The summed E-state index contributed by atoms with van der Waals surface area (Å²) in [4.78, 5) is 21.0. The Bertz CT molecular complexity index is 302. The lowest BCUT2D eigenvalue weighted by molar-refractivity contribution is -0.144. The lowest BCUT2D eigenvalue weighted by Crippen LogP contribution is -2.41. The SMILES string of the molecule is CC(=O)OCC(O)C(N=O)C(C#N)C(O)CO. The average molecular weight is 246 g/mol. The number of nitroso groups, excluding NO2 is 1. The summed E-state index contributed by atoms with van der Waals surface area (Å²) in [6.07, 6.45) is -3.02. The molecule has 0 saturated heterocycles. The van der Waals surface area contributed by atoms with Crippen LogP contribution in [-0.4, -0.2) is 52.8 Å². The lowest BCUT2D eigenvalue weighted by atomic mass is 9.92. The Hall–Kier alpha value is -1.56. The number of hydrogen-bond acceptors (Lipinski definition) is 8. The standard InChI is InChI=1S/C9H14N2O6/c1-5(13)17-4-8(15)9(11-16)6(2-10)7(14)3-12/h6-9,12,14-15H,3-4H2,1H3. The molecule has 4 unspecified atom stereocenters. The maximum absolute atomic E-state index is 10.5. The number of nitriles is 1. The molecule has 0 rings (SSSR count). The maximum Gasteiger partial charge on any atom is 0.302 e. The van der Waals surface area contributed by atoms with E-state index in [0.29, 0.717) is 0 Å². The summed E-state index contributed by atoms with van der Waals surface area (Å²) in [5.74, 6) is -2.03. The Morgan fingerprint density at radius 3 is 2.41 bits per heavy atom. The van der Waals surface area contributed by atoms with Crippen molar-refractivity contribution in [2.24, 2.45) is 11.1 Å². The molecular formula is C9H14N2O6. The highest BCUT2D eigenvalue weighted by Crippen LogP contribution is 2.16. The van der Waals surface area contributed by atoms with Crippen molar-refractivity contribution in [3.8, 4) is 6.07 Å². The fourth-order valence-electron chi connectivity index (χ4n) is 1.18. The van der Waals surface area contributed by atoms with Crippen LogP contribution in [0, 0.1) is 22.2 Å². The van der Waals surface area contributed by atoms with E-state index >= 15 is 0 Å². The predicted octanol–water partition coefficient (Wildman–Crippen LogP) is -1.46. The summed E-state index contributed by atoms with van der Waals surface area (Å²) in [5.41, 5.74) is 0. The van der Waals surface area contributed by atoms with E-state index in [1.807, 2.05) is 0 Å². The number of nitrogens with zero attached hydrogens (tertiary/aromatic N) is 2. The van der Waals surface area contributed by atoms with Gasteiger partial charge in [-0.25, -0.2) is 0 Å². The molecule has 3 N–H and O–H groups in total. The summed E-state index contributed by atoms with van der Waals surface area (Å²) >= 11 is 0. The molecule has 0 aliphatic carbocycles. The molecule has 0 saturated carbocycles. The van der Waals surface area contributed by atoms with Gasteiger partial charge < -0.3 is 20.1 Å². The molecule has 0 spiro atoms. The van der Waals surface area contributed by atoms with Crippen LogP contribution in [-0.2, 0) is 9.53 Å². The number of hydrogen-bond donors (Lipinski definition) is 3. The fraction of sp³-hybridized carbons (Fsp3) is 0.778. The van der Waals surface area contributed by atoms with Crippen molar-refractivity contribution in [2.75, 3.05) is 13.2 Å². The van der Waals surface area contributed by atoms with E-state index in [1.165, 1.54) is 0 Å². The van der Waals surface area contributed by atoms with Crippen LogP contribution in [0.1, 0.15) is 6.92 Å². The second-order valence-electron chi connectivity index (χ2n) is 3.37. The van der Waals surface area contributed by atoms with Gasteiger partial charge in [-0.05, 0) is 0 Å². The monoisotopic (exact) mass is 246 g/mol. The number of carbonyl (C=O) groups excluding carboxylic acids is 1. The quantitative estimate of drug-likeness (QED) is 0.368. The van der Waals surface area contributed by atoms with E-state index in [2.05, 4.69) is 9.91 Å². The lowest BCUT2D eigenvalue weighted by Gasteiger charge is -2.22. The van der Waals surface area contributed by atoms with E-state index in [-0.39, 0.29) is 0 Å². The van der Waals surface area contributed by atoms with Crippen LogP contribution in [0.15, 0.2) is 5.18 Å². The van der Waals surface area contributed by atoms with Crippen molar-refractivity contribution in [2.45, 2.75) is 25.2 Å². The van der Waals surface area contributed by atoms with Gasteiger partial charge in [-0.15, -0.1) is 0 Å². The first-order valence-corrected chi connectivity index (χ1v) is 4.80. The van der Waals surface area contributed by atoms with Crippen LogP contribution in [0.2, 0.25) is 0 Å². The van der Waals surface area contributed by atoms with Crippen LogP contribution < -0.4 is 0 Å². The van der Waals surface area contributed by atoms with Crippen LogP contribution in [0.3, 0.4) is 0 Å². The van der Waals surface area contributed by atoms with E-state index < -0.39 is 43.4 Å². The first-order chi connectivity index (χ1) is 7.97. The Morgan fingerprint density at radius 2 is 2.06 bits per heavy atom. The molecule has 0 amide bonds. The highest BCUT2D eigenvalue weighted by atomic mass is 16.5. The van der Waals surface area contributed by atoms with Gasteiger partial charge in [0.1, 0.15) is 24.7 Å². The van der Waals surface area contributed by atoms with Crippen molar-refractivity contribution in [1.29, 1.82) is 5.26 Å². The van der Waals surface area contributed by atoms with Crippen LogP contribution >= 0.6 is 0 Å². The molecule has 0 aromatic heterocycles. The molecule has 0 radical (unpaired) electrons. The zero-order valence-corrected chi connectivity index (χ0v) is 9.18. The molecule has 0 aromatic carbocycles. The number of rotatable bonds is 7. The summed E-state index contributed by atoms with van der Waals surface area (Å²) in [5, 5.41) is 38.7. The van der Waals surface area contributed by atoms with Gasteiger partial charge in [0.2, 0.25) is 0 Å². The first kappa shape index (κ1) is 15.4. The maximum atomic E-state index is 10.5. The molecule has 0 fully saturated rings. The molecule has 8 nitrogen and oxygen atoms in total. The molecule has 4 atom stereocenters. The summed E-state index contributed by atoms with van der Waals surface area (Å²) < 4.78 is 4.45. The normalized spacial score (nSPS) is 17.4. The number of esters is 1. The third-order valence-corrected chi connectivity index (χ3v) is 2.09. The van der Waals surface area contributed by atoms with E-state index in [1.54, 1.807) is 6.07 Å². The third kappa shape index (κ3) is 4.86. The van der Waals surface area contributed by atoms with Crippen molar-refractivity contribution in [3.63, 3.8) is 0 Å². The minimum Gasteiger partial charge on any atom is -0.463 e. The zero-order chi connectivity index (χ0) is 13.4. The van der Waals surface area contributed by atoms with Crippen LogP contribution in [0.5, 0.6) is 0 Å². The van der Waals surface area contributed by atoms with Gasteiger partial charge in [-0.1, -0.05) is 5.18 Å². The van der Waals surface area contributed by atoms with Crippen molar-refractivity contribution in [3.05, 3.63) is 4.91 Å². The Kier molecular flexibility index (Phi) is 6.97. The van der Waals surface area contributed by atoms with Gasteiger partial charge in [0.25, 0.3) is 0 Å². The largest absolute Gasteiger partial charge is 0.463 e. The highest BCUT2D eigenvalue weighted by molar-refractivity contribution is 5.65. The second kappa shape index (κ2) is 7.67. The molecule has 8 heteroatoms. The smallest absolute Gasteiger partial charge is 0.302 e.